The van der Waals surface area contributed by atoms with Gasteiger partial charge < -0.3 is 14.7 Å². The van der Waals surface area contributed by atoms with Crippen molar-refractivity contribution in [3.63, 3.8) is 0 Å². The molecule has 1 aliphatic rings. The smallest absolute Gasteiger partial charge is 0.337 e. The van der Waals surface area contributed by atoms with Gasteiger partial charge >= 0.3 is 5.97 Å². The van der Waals surface area contributed by atoms with E-state index in [0.717, 1.165) is 18.9 Å². The maximum Gasteiger partial charge on any atom is 0.337 e. The van der Waals surface area contributed by atoms with E-state index in [4.69, 9.17) is 9.84 Å². The highest BCUT2D eigenvalue weighted by Gasteiger charge is 2.38. The van der Waals surface area contributed by atoms with Gasteiger partial charge in [0.25, 0.3) is 0 Å². The van der Waals surface area contributed by atoms with E-state index in [2.05, 4.69) is 9.88 Å². The predicted octanol–water partition coefficient (Wildman–Crippen LogP) is 2.17. The lowest BCUT2D eigenvalue weighted by molar-refractivity contribution is -0.133. The second kappa shape index (κ2) is 4.49. The number of carbonyl (C=O) groups is 1. The Hall–Kier alpha value is -1.62. The van der Waals surface area contributed by atoms with Crippen molar-refractivity contribution in [2.24, 2.45) is 0 Å². The van der Waals surface area contributed by atoms with E-state index in [9.17, 15) is 4.79 Å². The molecule has 104 valence electrons. The van der Waals surface area contributed by atoms with Gasteiger partial charge in [0.15, 0.2) is 0 Å². The molecule has 5 heteroatoms. The van der Waals surface area contributed by atoms with Crippen LogP contribution in [-0.2, 0) is 4.74 Å². The van der Waals surface area contributed by atoms with E-state index in [1.807, 2.05) is 27.7 Å². The molecule has 0 spiro atoms. The number of nitrogens with zero attached hydrogens (tertiary/aromatic N) is 2. The van der Waals surface area contributed by atoms with E-state index in [1.165, 1.54) is 6.20 Å². The molecule has 0 atom stereocenters. The fourth-order valence-electron chi connectivity index (χ4n) is 2.65. The summed E-state index contributed by atoms with van der Waals surface area (Å²) < 4.78 is 6.01. The maximum absolute atomic E-state index is 10.8. The summed E-state index contributed by atoms with van der Waals surface area (Å²) in [5, 5.41) is 8.88. The number of hydrogen-bond donors (Lipinski definition) is 1. The molecular weight excluding hydrogens is 244 g/mol. The summed E-state index contributed by atoms with van der Waals surface area (Å²) in [6.45, 7) is 9.66. The largest absolute Gasteiger partial charge is 0.478 e. The minimum absolute atomic E-state index is 0.204. The number of anilines is 1. The van der Waals surface area contributed by atoms with Gasteiger partial charge in [-0.05, 0) is 39.8 Å². The van der Waals surface area contributed by atoms with Crippen LogP contribution in [0.3, 0.4) is 0 Å². The molecule has 0 aromatic carbocycles. The first-order chi connectivity index (χ1) is 8.69. The first-order valence-corrected chi connectivity index (χ1v) is 6.33. The highest BCUT2D eigenvalue weighted by Crippen LogP contribution is 2.30. The molecule has 1 aromatic heterocycles. The zero-order chi connectivity index (χ0) is 14.3. The van der Waals surface area contributed by atoms with Gasteiger partial charge in [0.05, 0.1) is 16.8 Å². The average Bonchev–Trinajstić information content (AvgIpc) is 2.25. The molecule has 1 saturated heterocycles. The molecule has 0 radical (unpaired) electrons. The second-order valence-corrected chi connectivity index (χ2v) is 6.19. The number of rotatable bonds is 2. The Bertz CT molecular complexity index is 464. The third-order valence-corrected chi connectivity index (χ3v) is 3.01. The predicted molar refractivity (Wildman–Crippen MR) is 72.7 cm³/mol. The van der Waals surface area contributed by atoms with Crippen LogP contribution in [0.2, 0.25) is 0 Å². The first kappa shape index (κ1) is 13.8. The van der Waals surface area contributed by atoms with Gasteiger partial charge in [0.2, 0.25) is 0 Å². The monoisotopic (exact) mass is 264 g/mol. The number of aromatic carboxylic acids is 1. The minimum atomic E-state index is -0.957. The number of morpholine rings is 1. The molecule has 0 unspecified atom stereocenters. The molecule has 2 rings (SSSR count). The third-order valence-electron chi connectivity index (χ3n) is 3.01. The van der Waals surface area contributed by atoms with E-state index in [0.29, 0.717) is 0 Å². The lowest BCUT2D eigenvalue weighted by atomic mass is 9.99. The van der Waals surface area contributed by atoms with Crippen molar-refractivity contribution in [3.05, 3.63) is 23.9 Å². The van der Waals surface area contributed by atoms with Gasteiger partial charge in [-0.15, -0.1) is 0 Å². The van der Waals surface area contributed by atoms with Crippen LogP contribution in [0.15, 0.2) is 18.3 Å². The SMILES string of the molecule is CC1(C)CN(c2ccc(C(=O)O)cn2)CC(C)(C)O1. The van der Waals surface area contributed by atoms with E-state index in [-0.39, 0.29) is 16.8 Å². The van der Waals surface area contributed by atoms with Crippen molar-refractivity contribution >= 4 is 11.8 Å². The number of pyridine rings is 1. The molecule has 1 aromatic rings. The minimum Gasteiger partial charge on any atom is -0.478 e. The standard InChI is InChI=1S/C14H20N2O3/c1-13(2)8-16(9-14(3,4)19-13)11-6-5-10(7-15-11)12(17)18/h5-7H,8-9H2,1-4H3,(H,17,18). The number of ether oxygens (including phenoxy) is 1. The quantitative estimate of drug-likeness (QED) is 0.887. The Morgan fingerprint density at radius 3 is 2.26 bits per heavy atom. The summed E-state index contributed by atoms with van der Waals surface area (Å²) >= 11 is 0. The van der Waals surface area contributed by atoms with Gasteiger partial charge in [-0.25, -0.2) is 9.78 Å². The summed E-state index contributed by atoms with van der Waals surface area (Å²) in [7, 11) is 0. The maximum atomic E-state index is 10.8. The number of aromatic nitrogens is 1. The Morgan fingerprint density at radius 1 is 1.26 bits per heavy atom. The van der Waals surface area contributed by atoms with Crippen LogP contribution in [0.5, 0.6) is 0 Å². The van der Waals surface area contributed by atoms with Crippen LogP contribution in [-0.4, -0.2) is 40.4 Å². The first-order valence-electron chi connectivity index (χ1n) is 6.33. The van der Waals surface area contributed by atoms with Crippen LogP contribution in [0, 0.1) is 0 Å². The van der Waals surface area contributed by atoms with Crippen LogP contribution in [0.4, 0.5) is 5.82 Å². The lowest BCUT2D eigenvalue weighted by Gasteiger charge is -2.47. The summed E-state index contributed by atoms with van der Waals surface area (Å²) in [6, 6.07) is 3.33. The molecule has 1 aliphatic heterocycles. The Morgan fingerprint density at radius 2 is 1.84 bits per heavy atom. The lowest BCUT2D eigenvalue weighted by Crippen LogP contribution is -2.57. The van der Waals surface area contributed by atoms with Crippen molar-refractivity contribution < 1.29 is 14.6 Å². The Balaban J connectivity index is 2.23. The Kier molecular flexibility index (Phi) is 3.26. The highest BCUT2D eigenvalue weighted by molar-refractivity contribution is 5.87. The fourth-order valence-corrected chi connectivity index (χ4v) is 2.65. The zero-order valence-electron chi connectivity index (χ0n) is 11.8. The summed E-state index contributed by atoms with van der Waals surface area (Å²) in [5.41, 5.74) is -0.306. The molecule has 0 amide bonds. The number of hydrogen-bond acceptors (Lipinski definition) is 4. The van der Waals surface area contributed by atoms with Gasteiger partial charge in [0, 0.05) is 19.3 Å². The number of carboxylic acid groups (broad SMARTS) is 1. The molecule has 5 nitrogen and oxygen atoms in total. The number of carboxylic acids is 1. The Labute approximate surface area is 113 Å². The zero-order valence-corrected chi connectivity index (χ0v) is 11.8. The second-order valence-electron chi connectivity index (χ2n) is 6.19. The molecule has 2 heterocycles. The summed E-state index contributed by atoms with van der Waals surface area (Å²) in [4.78, 5) is 17.2. The molecular formula is C14H20N2O3. The summed E-state index contributed by atoms with van der Waals surface area (Å²) in [5.74, 6) is -0.170. The van der Waals surface area contributed by atoms with Gasteiger partial charge in [-0.3, -0.25) is 0 Å². The van der Waals surface area contributed by atoms with Crippen molar-refractivity contribution in [2.45, 2.75) is 38.9 Å². The molecule has 1 fully saturated rings. The van der Waals surface area contributed by atoms with Gasteiger partial charge in [-0.2, -0.15) is 0 Å². The van der Waals surface area contributed by atoms with Crippen molar-refractivity contribution in [1.29, 1.82) is 0 Å². The van der Waals surface area contributed by atoms with Crippen LogP contribution in [0.1, 0.15) is 38.1 Å². The van der Waals surface area contributed by atoms with Crippen LogP contribution in [0.25, 0.3) is 0 Å². The van der Waals surface area contributed by atoms with Crippen LogP contribution < -0.4 is 4.90 Å². The topological polar surface area (TPSA) is 62.7 Å². The van der Waals surface area contributed by atoms with Crippen LogP contribution >= 0.6 is 0 Å². The van der Waals surface area contributed by atoms with Crippen molar-refractivity contribution in [3.8, 4) is 0 Å². The van der Waals surface area contributed by atoms with Gasteiger partial charge in [0.1, 0.15) is 5.82 Å². The third kappa shape index (κ3) is 3.23. The van der Waals surface area contributed by atoms with Gasteiger partial charge in [-0.1, -0.05) is 0 Å². The molecule has 1 N–H and O–H groups in total. The normalized spacial score (nSPS) is 21.2. The van der Waals surface area contributed by atoms with E-state index < -0.39 is 5.97 Å². The molecule has 0 bridgehead atoms. The highest BCUT2D eigenvalue weighted by atomic mass is 16.5. The summed E-state index contributed by atoms with van der Waals surface area (Å²) in [6.07, 6.45) is 1.40. The average molecular weight is 264 g/mol. The van der Waals surface area contributed by atoms with E-state index >= 15 is 0 Å². The molecule has 0 aliphatic carbocycles. The van der Waals surface area contributed by atoms with Crippen molar-refractivity contribution in [1.82, 2.24) is 4.98 Å². The van der Waals surface area contributed by atoms with Crippen molar-refractivity contribution in [2.75, 3.05) is 18.0 Å². The molecule has 0 saturated carbocycles. The molecule has 19 heavy (non-hydrogen) atoms. The fraction of sp³-hybridized carbons (Fsp3) is 0.571. The van der Waals surface area contributed by atoms with E-state index in [1.54, 1.807) is 12.1 Å².